The SMILES string of the molecule is COc1ccc2c(c1)CCN(CCc1ccc(NC(=O)c3cccc4c(=O)c5cccc(OC)c5[nH]c34)cc1)C2. The number of pyridine rings is 1. The van der Waals surface area contributed by atoms with Crippen LogP contribution in [0.4, 0.5) is 5.69 Å². The van der Waals surface area contributed by atoms with Gasteiger partial charge in [0.25, 0.3) is 5.91 Å². The van der Waals surface area contributed by atoms with Crippen molar-refractivity contribution in [3.8, 4) is 11.5 Å². The molecule has 7 heteroatoms. The zero-order valence-electron chi connectivity index (χ0n) is 22.6. The molecule has 0 radical (unpaired) electrons. The van der Waals surface area contributed by atoms with Crippen LogP contribution in [0, 0.1) is 0 Å². The highest BCUT2D eigenvalue weighted by atomic mass is 16.5. The molecule has 40 heavy (non-hydrogen) atoms. The number of hydrogen-bond acceptors (Lipinski definition) is 5. The van der Waals surface area contributed by atoms with Crippen molar-refractivity contribution in [2.75, 3.05) is 32.6 Å². The lowest BCUT2D eigenvalue weighted by atomic mass is 9.99. The molecule has 1 aromatic heterocycles. The van der Waals surface area contributed by atoms with E-state index in [1.54, 1.807) is 50.6 Å². The topological polar surface area (TPSA) is 83.7 Å². The van der Waals surface area contributed by atoms with Gasteiger partial charge in [-0.2, -0.15) is 0 Å². The van der Waals surface area contributed by atoms with Crippen molar-refractivity contribution in [3.05, 3.63) is 111 Å². The van der Waals surface area contributed by atoms with E-state index in [9.17, 15) is 9.59 Å². The summed E-state index contributed by atoms with van der Waals surface area (Å²) >= 11 is 0. The zero-order valence-corrected chi connectivity index (χ0v) is 22.6. The monoisotopic (exact) mass is 533 g/mol. The summed E-state index contributed by atoms with van der Waals surface area (Å²) in [5.74, 6) is 1.19. The first-order valence-electron chi connectivity index (χ1n) is 13.4. The van der Waals surface area contributed by atoms with Gasteiger partial charge in [0.1, 0.15) is 11.5 Å². The van der Waals surface area contributed by atoms with E-state index in [2.05, 4.69) is 39.5 Å². The Bertz CT molecular complexity index is 1780. The molecule has 0 aliphatic carbocycles. The third-order valence-corrected chi connectivity index (χ3v) is 7.73. The lowest BCUT2D eigenvalue weighted by Crippen LogP contribution is -2.32. The van der Waals surface area contributed by atoms with Crippen LogP contribution in [0.1, 0.15) is 27.0 Å². The number of para-hydroxylation sites is 2. The molecule has 1 amide bonds. The third kappa shape index (κ3) is 4.92. The average Bonchev–Trinajstić information content (AvgIpc) is 3.00. The summed E-state index contributed by atoms with van der Waals surface area (Å²) in [5.41, 5.74) is 5.97. The number of anilines is 1. The number of H-pyrrole nitrogens is 1. The van der Waals surface area contributed by atoms with Crippen LogP contribution in [0.3, 0.4) is 0 Å². The molecule has 5 aromatic rings. The van der Waals surface area contributed by atoms with Gasteiger partial charge in [0.2, 0.25) is 0 Å². The second-order valence-electron chi connectivity index (χ2n) is 10.1. The third-order valence-electron chi connectivity index (χ3n) is 7.73. The Morgan fingerprint density at radius 2 is 1.68 bits per heavy atom. The van der Waals surface area contributed by atoms with Gasteiger partial charge in [-0.3, -0.25) is 14.5 Å². The van der Waals surface area contributed by atoms with Gasteiger partial charge < -0.3 is 19.8 Å². The van der Waals surface area contributed by atoms with Crippen molar-refractivity contribution in [1.82, 2.24) is 9.88 Å². The first kappa shape index (κ1) is 25.6. The minimum Gasteiger partial charge on any atom is -0.497 e. The van der Waals surface area contributed by atoms with Crippen molar-refractivity contribution < 1.29 is 14.3 Å². The number of rotatable bonds is 7. The Kier molecular flexibility index (Phi) is 6.97. The lowest BCUT2D eigenvalue weighted by molar-refractivity contribution is 0.102. The molecule has 0 saturated carbocycles. The van der Waals surface area contributed by atoms with Gasteiger partial charge in [0.05, 0.1) is 30.8 Å². The van der Waals surface area contributed by atoms with Crippen LogP contribution in [-0.4, -0.2) is 43.1 Å². The van der Waals surface area contributed by atoms with E-state index in [1.807, 2.05) is 18.2 Å². The second-order valence-corrected chi connectivity index (χ2v) is 10.1. The van der Waals surface area contributed by atoms with Crippen molar-refractivity contribution in [2.45, 2.75) is 19.4 Å². The number of benzene rings is 4. The number of hydrogen-bond donors (Lipinski definition) is 2. The van der Waals surface area contributed by atoms with Crippen LogP contribution in [-0.2, 0) is 19.4 Å². The van der Waals surface area contributed by atoms with Gasteiger partial charge in [-0.15, -0.1) is 0 Å². The fourth-order valence-corrected chi connectivity index (χ4v) is 5.50. The highest BCUT2D eigenvalue weighted by molar-refractivity contribution is 6.13. The van der Waals surface area contributed by atoms with Gasteiger partial charge in [0.15, 0.2) is 5.43 Å². The molecule has 1 aliphatic rings. The van der Waals surface area contributed by atoms with Gasteiger partial charge in [-0.25, -0.2) is 0 Å². The fraction of sp³-hybridized carbons (Fsp3) is 0.212. The number of nitrogens with zero attached hydrogens (tertiary/aromatic N) is 1. The highest BCUT2D eigenvalue weighted by Crippen LogP contribution is 2.26. The molecular formula is C33H31N3O4. The van der Waals surface area contributed by atoms with Gasteiger partial charge in [-0.05, 0) is 78.1 Å². The molecule has 7 nitrogen and oxygen atoms in total. The van der Waals surface area contributed by atoms with Crippen LogP contribution < -0.4 is 20.2 Å². The van der Waals surface area contributed by atoms with E-state index in [4.69, 9.17) is 9.47 Å². The van der Waals surface area contributed by atoms with Gasteiger partial charge >= 0.3 is 0 Å². The number of ether oxygens (including phenoxy) is 2. The smallest absolute Gasteiger partial charge is 0.257 e. The van der Waals surface area contributed by atoms with E-state index < -0.39 is 0 Å². The molecule has 0 unspecified atom stereocenters. The number of fused-ring (bicyclic) bond motifs is 3. The number of aromatic nitrogens is 1. The number of carbonyl (C=O) groups excluding carboxylic acids is 1. The molecule has 202 valence electrons. The predicted molar refractivity (Wildman–Crippen MR) is 159 cm³/mol. The summed E-state index contributed by atoms with van der Waals surface area (Å²) < 4.78 is 10.8. The summed E-state index contributed by atoms with van der Waals surface area (Å²) in [6.07, 6.45) is 1.96. The maximum absolute atomic E-state index is 13.3. The van der Waals surface area contributed by atoms with Crippen molar-refractivity contribution >= 4 is 33.4 Å². The normalized spacial score (nSPS) is 13.2. The molecule has 6 rings (SSSR count). The van der Waals surface area contributed by atoms with Crippen molar-refractivity contribution in [1.29, 1.82) is 0 Å². The van der Waals surface area contributed by atoms with Crippen molar-refractivity contribution in [2.24, 2.45) is 0 Å². The molecule has 2 heterocycles. The van der Waals surface area contributed by atoms with E-state index in [1.165, 1.54) is 16.7 Å². The molecular weight excluding hydrogens is 502 g/mol. The number of carbonyl (C=O) groups is 1. The maximum atomic E-state index is 13.3. The lowest BCUT2D eigenvalue weighted by Gasteiger charge is -2.29. The molecule has 0 atom stereocenters. The van der Waals surface area contributed by atoms with Crippen LogP contribution in [0.2, 0.25) is 0 Å². The molecule has 4 aromatic carbocycles. The van der Waals surface area contributed by atoms with E-state index in [0.717, 1.165) is 38.2 Å². The maximum Gasteiger partial charge on any atom is 0.257 e. The number of aromatic amines is 1. The zero-order chi connectivity index (χ0) is 27.6. The quantitative estimate of drug-likeness (QED) is 0.268. The summed E-state index contributed by atoms with van der Waals surface area (Å²) in [5, 5.41) is 3.97. The molecule has 0 spiro atoms. The highest BCUT2D eigenvalue weighted by Gasteiger charge is 2.18. The van der Waals surface area contributed by atoms with Crippen LogP contribution >= 0.6 is 0 Å². The summed E-state index contributed by atoms with van der Waals surface area (Å²) in [7, 11) is 3.27. The summed E-state index contributed by atoms with van der Waals surface area (Å²) in [4.78, 5) is 32.2. The number of methoxy groups -OCH3 is 2. The average molecular weight is 534 g/mol. The predicted octanol–water partition coefficient (Wildman–Crippen LogP) is 5.55. The van der Waals surface area contributed by atoms with Crippen LogP contribution in [0.5, 0.6) is 11.5 Å². The van der Waals surface area contributed by atoms with Crippen molar-refractivity contribution in [3.63, 3.8) is 0 Å². The molecule has 0 bridgehead atoms. The standard InChI is InChI=1S/C33H31N3O4/c1-39-25-14-11-23-20-36(18-16-22(23)19-25)17-15-21-9-12-24(13-10-21)34-33(38)28-7-3-5-26-30(28)35-31-27(32(26)37)6-4-8-29(31)40-2/h3-14,19H,15-18,20H2,1-2H3,(H,34,38)(H,35,37). The fourth-order valence-electron chi connectivity index (χ4n) is 5.50. The minimum atomic E-state index is -0.285. The molecule has 1 aliphatic heterocycles. The second kappa shape index (κ2) is 10.9. The molecule has 0 saturated heterocycles. The van der Waals surface area contributed by atoms with E-state index in [0.29, 0.717) is 38.8 Å². The van der Waals surface area contributed by atoms with E-state index >= 15 is 0 Å². The van der Waals surface area contributed by atoms with Crippen LogP contribution in [0.25, 0.3) is 21.8 Å². The minimum absolute atomic E-state index is 0.140. The Balaban J connectivity index is 1.14. The van der Waals surface area contributed by atoms with Gasteiger partial charge in [-0.1, -0.05) is 30.3 Å². The Labute approximate surface area is 232 Å². The Morgan fingerprint density at radius 1 is 0.900 bits per heavy atom. The first-order valence-corrected chi connectivity index (χ1v) is 13.4. The summed E-state index contributed by atoms with van der Waals surface area (Å²) in [6.45, 7) is 2.95. The Hall–Kier alpha value is -4.62. The number of amides is 1. The first-order chi connectivity index (χ1) is 19.5. The largest absolute Gasteiger partial charge is 0.497 e. The Morgan fingerprint density at radius 3 is 2.45 bits per heavy atom. The van der Waals surface area contributed by atoms with E-state index in [-0.39, 0.29) is 11.3 Å². The number of nitrogens with one attached hydrogen (secondary N) is 2. The summed E-state index contributed by atoms with van der Waals surface area (Å²) in [6, 6.07) is 24.8. The van der Waals surface area contributed by atoms with Crippen LogP contribution in [0.15, 0.2) is 83.7 Å². The molecule has 2 N–H and O–H groups in total. The van der Waals surface area contributed by atoms with Gasteiger partial charge in [0, 0.05) is 36.1 Å². The molecule has 0 fully saturated rings.